The number of carbonyl (C=O) groups excluding carboxylic acids is 1. The summed E-state index contributed by atoms with van der Waals surface area (Å²) < 4.78 is 22.1. The Morgan fingerprint density at radius 3 is 2.12 bits per heavy atom. The highest BCUT2D eigenvalue weighted by molar-refractivity contribution is 5.73. The normalized spacial score (nSPS) is 40.0. The molecule has 0 unspecified atom stereocenters. The second-order valence-corrected chi connectivity index (χ2v) is 7.67. The Hall–Kier alpha value is -1.87. The molecule has 2 aliphatic rings. The van der Waals surface area contributed by atoms with Crippen LogP contribution in [0.15, 0.2) is 30.3 Å². The minimum Gasteiger partial charge on any atom is -0.462 e. The number of carbonyl (C=O) groups is 1. The van der Waals surface area contributed by atoms with E-state index < -0.39 is 80.5 Å². The molecule has 10 atom stereocenters. The molecule has 1 aromatic carbocycles. The lowest BCUT2D eigenvalue weighted by Gasteiger charge is -2.46. The van der Waals surface area contributed by atoms with Crippen LogP contribution in [0.4, 0.5) is 0 Å². The summed E-state index contributed by atoms with van der Waals surface area (Å²) in [6.45, 7) is -0.0951. The molecule has 0 radical (unpaired) electrons. The molecule has 12 nitrogen and oxygen atoms in total. The Kier molecular flexibility index (Phi) is 8.38. The Morgan fingerprint density at radius 1 is 0.906 bits per heavy atom. The van der Waals surface area contributed by atoms with Crippen LogP contribution < -0.4 is 10.1 Å². The zero-order valence-electron chi connectivity index (χ0n) is 17.3. The van der Waals surface area contributed by atoms with Crippen LogP contribution in [0.5, 0.6) is 5.75 Å². The van der Waals surface area contributed by atoms with E-state index in [9.17, 15) is 35.4 Å². The molecule has 7 N–H and O–H groups in total. The van der Waals surface area contributed by atoms with Crippen molar-refractivity contribution in [1.29, 1.82) is 0 Å². The summed E-state index contributed by atoms with van der Waals surface area (Å²) in [5.74, 6) is -0.181. The SMILES string of the molecule is CC(=O)N[C@H]1[C@@H](O)[C@@H](CO)O[C@@H](O[C@H]2[C@H](O)[C@@H](O)[C@H](Oc3ccccc3)O[C@@H]2CO)[C@@H]1O. The van der Waals surface area contributed by atoms with Crippen molar-refractivity contribution in [2.75, 3.05) is 13.2 Å². The molecule has 32 heavy (non-hydrogen) atoms. The third-order valence-corrected chi connectivity index (χ3v) is 5.36. The van der Waals surface area contributed by atoms with Crippen LogP contribution in [0.1, 0.15) is 6.92 Å². The van der Waals surface area contributed by atoms with E-state index in [1.54, 1.807) is 30.3 Å². The van der Waals surface area contributed by atoms with Gasteiger partial charge in [-0.2, -0.15) is 0 Å². The molecule has 12 heteroatoms. The minimum absolute atomic E-state index is 0.365. The number of amides is 1. The average molecular weight is 459 g/mol. The van der Waals surface area contributed by atoms with Gasteiger partial charge in [0.2, 0.25) is 12.2 Å². The van der Waals surface area contributed by atoms with Gasteiger partial charge < -0.3 is 54.9 Å². The third kappa shape index (κ3) is 5.36. The van der Waals surface area contributed by atoms with Crippen molar-refractivity contribution < 1.29 is 54.4 Å². The number of aliphatic hydroxyl groups is 6. The molecule has 2 heterocycles. The third-order valence-electron chi connectivity index (χ3n) is 5.36. The number of para-hydroxylation sites is 1. The Morgan fingerprint density at radius 2 is 1.53 bits per heavy atom. The van der Waals surface area contributed by atoms with E-state index in [4.69, 9.17) is 18.9 Å². The molecular weight excluding hydrogens is 430 g/mol. The molecule has 1 aromatic rings. The number of nitrogens with one attached hydrogen (secondary N) is 1. The number of hydrogen-bond acceptors (Lipinski definition) is 11. The van der Waals surface area contributed by atoms with Crippen LogP contribution in [-0.2, 0) is 19.0 Å². The summed E-state index contributed by atoms with van der Waals surface area (Å²) in [6, 6.07) is 7.17. The first-order valence-corrected chi connectivity index (χ1v) is 10.2. The summed E-state index contributed by atoms with van der Waals surface area (Å²) in [7, 11) is 0. The minimum atomic E-state index is -1.62. The Bertz CT molecular complexity index is 736. The first-order chi connectivity index (χ1) is 15.3. The summed E-state index contributed by atoms with van der Waals surface area (Å²) in [5.41, 5.74) is 0. The summed E-state index contributed by atoms with van der Waals surface area (Å²) in [6.07, 6.45) is -12.9. The van der Waals surface area contributed by atoms with Crippen molar-refractivity contribution in [3.8, 4) is 5.75 Å². The predicted molar refractivity (Wildman–Crippen MR) is 105 cm³/mol. The standard InChI is InChI=1S/C20H29NO11/c1-9(24)21-13-14(25)11(7-22)30-19(15(13)26)32-18-12(8-23)31-20(17(28)16(18)27)29-10-5-3-2-4-6-10/h2-6,11-20,22-23,25-28H,7-8H2,1H3,(H,21,24)/t11-,12-,13+,14+,15-,16-,17-,18-,19+,20-/m1/s1. The van der Waals surface area contributed by atoms with Gasteiger partial charge in [-0.1, -0.05) is 18.2 Å². The van der Waals surface area contributed by atoms with Gasteiger partial charge in [0.1, 0.15) is 48.5 Å². The highest BCUT2D eigenvalue weighted by Gasteiger charge is 2.51. The maximum absolute atomic E-state index is 11.5. The smallest absolute Gasteiger partial charge is 0.229 e. The van der Waals surface area contributed by atoms with E-state index in [1.807, 2.05) is 0 Å². The van der Waals surface area contributed by atoms with Gasteiger partial charge in [0, 0.05) is 6.92 Å². The molecule has 0 aliphatic carbocycles. The summed E-state index contributed by atoms with van der Waals surface area (Å²) >= 11 is 0. The number of aliphatic hydroxyl groups excluding tert-OH is 6. The molecule has 180 valence electrons. The summed E-state index contributed by atoms with van der Waals surface area (Å²) in [5, 5.41) is 63.6. The Labute approximate surface area is 183 Å². The highest BCUT2D eigenvalue weighted by Crippen LogP contribution is 2.30. The van der Waals surface area contributed by atoms with Gasteiger partial charge in [0.05, 0.1) is 19.3 Å². The second kappa shape index (κ2) is 10.8. The maximum atomic E-state index is 11.5. The number of rotatable bonds is 7. The number of benzene rings is 1. The van der Waals surface area contributed by atoms with Crippen molar-refractivity contribution in [3.63, 3.8) is 0 Å². The molecule has 0 bridgehead atoms. The van der Waals surface area contributed by atoms with E-state index in [0.29, 0.717) is 5.75 Å². The lowest BCUT2D eigenvalue weighted by atomic mass is 9.95. The van der Waals surface area contributed by atoms with Crippen LogP contribution in [0, 0.1) is 0 Å². The zero-order chi connectivity index (χ0) is 23.4. The topological polar surface area (TPSA) is 187 Å². The largest absolute Gasteiger partial charge is 0.462 e. The quantitative estimate of drug-likeness (QED) is 0.218. The molecule has 2 saturated heterocycles. The fourth-order valence-corrected chi connectivity index (χ4v) is 3.71. The van der Waals surface area contributed by atoms with Crippen LogP contribution in [-0.4, -0.2) is 111 Å². The van der Waals surface area contributed by atoms with Gasteiger partial charge >= 0.3 is 0 Å². The van der Waals surface area contributed by atoms with Crippen molar-refractivity contribution in [1.82, 2.24) is 5.32 Å². The van der Waals surface area contributed by atoms with Gasteiger partial charge in [0.25, 0.3) is 0 Å². The van der Waals surface area contributed by atoms with Gasteiger partial charge in [-0.05, 0) is 12.1 Å². The fourth-order valence-electron chi connectivity index (χ4n) is 3.71. The van der Waals surface area contributed by atoms with Crippen LogP contribution in [0.25, 0.3) is 0 Å². The molecule has 0 spiro atoms. The van der Waals surface area contributed by atoms with Crippen LogP contribution >= 0.6 is 0 Å². The van der Waals surface area contributed by atoms with Gasteiger partial charge in [-0.25, -0.2) is 0 Å². The van der Waals surface area contributed by atoms with Crippen molar-refractivity contribution >= 4 is 5.91 Å². The number of hydrogen-bond donors (Lipinski definition) is 7. The molecule has 2 fully saturated rings. The average Bonchev–Trinajstić information content (AvgIpc) is 2.78. The van der Waals surface area contributed by atoms with Gasteiger partial charge in [-0.15, -0.1) is 0 Å². The number of ether oxygens (including phenoxy) is 4. The van der Waals surface area contributed by atoms with E-state index in [-0.39, 0.29) is 0 Å². The molecule has 1 amide bonds. The molecule has 0 saturated carbocycles. The second-order valence-electron chi connectivity index (χ2n) is 7.67. The maximum Gasteiger partial charge on any atom is 0.229 e. The van der Waals surface area contributed by atoms with Crippen molar-refractivity contribution in [2.24, 2.45) is 0 Å². The van der Waals surface area contributed by atoms with E-state index >= 15 is 0 Å². The highest BCUT2D eigenvalue weighted by atomic mass is 16.7. The van der Waals surface area contributed by atoms with Crippen molar-refractivity contribution in [2.45, 2.75) is 68.3 Å². The van der Waals surface area contributed by atoms with Gasteiger partial charge in [0.15, 0.2) is 6.29 Å². The fraction of sp³-hybridized carbons (Fsp3) is 0.650. The van der Waals surface area contributed by atoms with E-state index in [1.165, 1.54) is 6.92 Å². The zero-order valence-corrected chi connectivity index (χ0v) is 17.3. The lowest BCUT2D eigenvalue weighted by Crippen LogP contribution is -2.67. The molecular formula is C20H29NO11. The summed E-state index contributed by atoms with van der Waals surface area (Å²) in [4.78, 5) is 11.5. The lowest BCUT2D eigenvalue weighted by molar-refractivity contribution is -0.343. The Balaban J connectivity index is 1.74. The van der Waals surface area contributed by atoms with Crippen LogP contribution in [0.3, 0.4) is 0 Å². The van der Waals surface area contributed by atoms with E-state index in [0.717, 1.165) is 0 Å². The first kappa shape index (κ1) is 24.8. The first-order valence-electron chi connectivity index (χ1n) is 10.2. The van der Waals surface area contributed by atoms with Crippen molar-refractivity contribution in [3.05, 3.63) is 30.3 Å². The molecule has 3 rings (SSSR count). The monoisotopic (exact) mass is 459 g/mol. The molecule has 0 aromatic heterocycles. The van der Waals surface area contributed by atoms with E-state index in [2.05, 4.69) is 5.32 Å². The van der Waals surface area contributed by atoms with Gasteiger partial charge in [-0.3, -0.25) is 4.79 Å². The predicted octanol–water partition coefficient (Wildman–Crippen LogP) is -3.17. The molecule has 2 aliphatic heterocycles. The van der Waals surface area contributed by atoms with Crippen LogP contribution in [0.2, 0.25) is 0 Å².